The summed E-state index contributed by atoms with van der Waals surface area (Å²) in [5, 5.41) is 21.0. The van der Waals surface area contributed by atoms with Crippen LogP contribution in [-0.4, -0.2) is 22.7 Å². The maximum atomic E-state index is 11.1. The lowest BCUT2D eigenvalue weighted by Gasteiger charge is -2.04. The first-order chi connectivity index (χ1) is 7.13. The van der Waals surface area contributed by atoms with Gasteiger partial charge >= 0.3 is 0 Å². The van der Waals surface area contributed by atoms with E-state index in [2.05, 4.69) is 5.32 Å². The van der Waals surface area contributed by atoms with Crippen LogP contribution >= 0.6 is 0 Å². The molecule has 0 unspecified atom stereocenters. The second-order valence-electron chi connectivity index (χ2n) is 3.28. The van der Waals surface area contributed by atoms with Gasteiger partial charge in [-0.15, -0.1) is 0 Å². The number of benzene rings is 1. The van der Waals surface area contributed by atoms with Crippen molar-refractivity contribution in [2.75, 3.05) is 6.54 Å². The summed E-state index contributed by atoms with van der Waals surface area (Å²) in [6.07, 6.45) is 0.942. The number of amides is 1. The first kappa shape index (κ1) is 11.4. The molecule has 0 atom stereocenters. The van der Waals surface area contributed by atoms with Gasteiger partial charge in [0.1, 0.15) is 0 Å². The van der Waals surface area contributed by atoms with Crippen molar-refractivity contribution in [1.82, 2.24) is 5.32 Å². The molecule has 0 heterocycles. The average Bonchev–Trinajstić information content (AvgIpc) is 2.20. The fraction of sp³-hybridized carbons (Fsp3) is 0.364. The quantitative estimate of drug-likeness (QED) is 0.652. The summed E-state index contributed by atoms with van der Waals surface area (Å²) in [5.74, 6) is -0.301. The zero-order valence-electron chi connectivity index (χ0n) is 8.66. The molecule has 0 aliphatic heterocycles. The number of aryl methyl sites for hydroxylation is 1. The predicted molar refractivity (Wildman–Crippen MR) is 56.8 cm³/mol. The molecule has 1 aromatic carbocycles. The molecule has 0 bridgehead atoms. The number of carbonyl (C=O) groups excluding carboxylic acids is 1. The van der Waals surface area contributed by atoms with E-state index in [1.807, 2.05) is 6.92 Å². The van der Waals surface area contributed by atoms with E-state index in [4.69, 9.17) is 5.11 Å². The first-order valence-corrected chi connectivity index (χ1v) is 4.91. The molecule has 15 heavy (non-hydrogen) atoms. The number of rotatable bonds is 4. The number of hydrogen-bond acceptors (Lipinski definition) is 3. The van der Waals surface area contributed by atoms with Gasteiger partial charge in [0, 0.05) is 13.0 Å². The van der Waals surface area contributed by atoms with Crippen LogP contribution in [-0.2, 0) is 11.2 Å². The minimum absolute atomic E-state index is 0.00920. The average molecular weight is 209 g/mol. The smallest absolute Gasteiger partial charge is 0.220 e. The maximum Gasteiger partial charge on any atom is 0.220 e. The molecule has 0 saturated heterocycles. The van der Waals surface area contributed by atoms with Gasteiger partial charge in [-0.1, -0.05) is 6.07 Å². The third kappa shape index (κ3) is 3.50. The molecular formula is C11H15NO3. The van der Waals surface area contributed by atoms with E-state index >= 15 is 0 Å². The van der Waals surface area contributed by atoms with Crippen LogP contribution in [0.1, 0.15) is 18.9 Å². The molecule has 0 spiro atoms. The summed E-state index contributed by atoms with van der Waals surface area (Å²) in [5.41, 5.74) is 0.830. The van der Waals surface area contributed by atoms with E-state index in [0.717, 1.165) is 5.56 Å². The summed E-state index contributed by atoms with van der Waals surface area (Å²) in [6.45, 7) is 2.49. The molecule has 0 aromatic heterocycles. The van der Waals surface area contributed by atoms with Gasteiger partial charge in [0.05, 0.1) is 0 Å². The number of aromatic hydroxyl groups is 2. The molecule has 1 amide bonds. The van der Waals surface area contributed by atoms with Crippen LogP contribution in [0.4, 0.5) is 0 Å². The molecule has 4 heteroatoms. The highest BCUT2D eigenvalue weighted by molar-refractivity contribution is 5.76. The first-order valence-electron chi connectivity index (χ1n) is 4.91. The van der Waals surface area contributed by atoms with Crippen molar-refractivity contribution in [3.8, 4) is 11.5 Å². The highest BCUT2D eigenvalue weighted by Crippen LogP contribution is 2.25. The zero-order chi connectivity index (χ0) is 11.3. The Hall–Kier alpha value is -1.71. The summed E-state index contributed by atoms with van der Waals surface area (Å²) < 4.78 is 0. The van der Waals surface area contributed by atoms with E-state index in [0.29, 0.717) is 19.4 Å². The van der Waals surface area contributed by atoms with Gasteiger partial charge in [0.2, 0.25) is 5.91 Å². The van der Waals surface area contributed by atoms with E-state index in [1.54, 1.807) is 6.07 Å². The van der Waals surface area contributed by atoms with E-state index in [-0.39, 0.29) is 17.4 Å². The molecule has 82 valence electrons. The Morgan fingerprint density at radius 1 is 1.33 bits per heavy atom. The highest BCUT2D eigenvalue weighted by Gasteiger charge is 2.03. The summed E-state index contributed by atoms with van der Waals surface area (Å²) >= 11 is 0. The van der Waals surface area contributed by atoms with Gasteiger partial charge in [-0.25, -0.2) is 0 Å². The lowest BCUT2D eigenvalue weighted by atomic mass is 10.1. The molecule has 1 aromatic rings. The minimum Gasteiger partial charge on any atom is -0.504 e. The van der Waals surface area contributed by atoms with Crippen molar-refractivity contribution in [2.45, 2.75) is 19.8 Å². The molecule has 1 rings (SSSR count). The van der Waals surface area contributed by atoms with Crippen LogP contribution in [0.15, 0.2) is 18.2 Å². The molecule has 0 saturated carbocycles. The van der Waals surface area contributed by atoms with Gasteiger partial charge in [0.15, 0.2) is 11.5 Å². The molecule has 3 N–H and O–H groups in total. The molecule has 4 nitrogen and oxygen atoms in total. The van der Waals surface area contributed by atoms with Crippen molar-refractivity contribution in [1.29, 1.82) is 0 Å². The second kappa shape index (κ2) is 5.24. The number of hydrogen-bond donors (Lipinski definition) is 3. The third-order valence-electron chi connectivity index (χ3n) is 2.05. The van der Waals surface area contributed by atoms with E-state index < -0.39 is 0 Å². The molecule has 0 aliphatic carbocycles. The molecular weight excluding hydrogens is 194 g/mol. The Bertz CT molecular complexity index is 350. The Labute approximate surface area is 88.6 Å². The molecule has 0 radical (unpaired) electrons. The van der Waals surface area contributed by atoms with Gasteiger partial charge in [-0.05, 0) is 31.0 Å². The molecule has 0 fully saturated rings. The van der Waals surface area contributed by atoms with Crippen LogP contribution in [0.5, 0.6) is 11.5 Å². The van der Waals surface area contributed by atoms with Gasteiger partial charge in [-0.3, -0.25) is 4.79 Å². The van der Waals surface area contributed by atoms with E-state index in [1.165, 1.54) is 12.1 Å². The van der Waals surface area contributed by atoms with Gasteiger partial charge in [0.25, 0.3) is 0 Å². The van der Waals surface area contributed by atoms with Crippen molar-refractivity contribution >= 4 is 5.91 Å². The topological polar surface area (TPSA) is 69.6 Å². The van der Waals surface area contributed by atoms with Crippen LogP contribution in [0.2, 0.25) is 0 Å². The maximum absolute atomic E-state index is 11.1. The standard InChI is InChI=1S/C11H15NO3/c1-2-12-11(15)6-4-8-3-5-9(13)10(14)7-8/h3,5,7,13-14H,2,4,6H2,1H3,(H,12,15). The monoisotopic (exact) mass is 209 g/mol. The van der Waals surface area contributed by atoms with Gasteiger partial charge in [-0.2, -0.15) is 0 Å². The normalized spacial score (nSPS) is 9.93. The number of phenolic OH excluding ortho intramolecular Hbond substituents is 2. The van der Waals surface area contributed by atoms with Crippen molar-refractivity contribution in [3.05, 3.63) is 23.8 Å². The van der Waals surface area contributed by atoms with Gasteiger partial charge < -0.3 is 15.5 Å². The second-order valence-corrected chi connectivity index (χ2v) is 3.28. The predicted octanol–water partition coefficient (Wildman–Crippen LogP) is 1.17. The Kier molecular flexibility index (Phi) is 3.97. The SMILES string of the molecule is CCNC(=O)CCc1ccc(O)c(O)c1. The fourth-order valence-corrected chi connectivity index (χ4v) is 1.27. The summed E-state index contributed by atoms with van der Waals surface area (Å²) in [4.78, 5) is 11.1. The van der Waals surface area contributed by atoms with Crippen molar-refractivity contribution in [3.63, 3.8) is 0 Å². The highest BCUT2D eigenvalue weighted by atomic mass is 16.3. The Morgan fingerprint density at radius 3 is 2.67 bits per heavy atom. The minimum atomic E-state index is -0.150. The largest absolute Gasteiger partial charge is 0.504 e. The van der Waals surface area contributed by atoms with E-state index in [9.17, 15) is 9.90 Å². The van der Waals surface area contributed by atoms with Crippen LogP contribution in [0, 0.1) is 0 Å². The molecule has 0 aliphatic rings. The number of carbonyl (C=O) groups is 1. The summed E-state index contributed by atoms with van der Waals surface area (Å²) in [7, 11) is 0. The Balaban J connectivity index is 2.51. The van der Waals surface area contributed by atoms with Crippen molar-refractivity contribution in [2.24, 2.45) is 0 Å². The van der Waals surface area contributed by atoms with Crippen LogP contribution in [0.25, 0.3) is 0 Å². The van der Waals surface area contributed by atoms with Crippen LogP contribution < -0.4 is 5.32 Å². The van der Waals surface area contributed by atoms with Crippen molar-refractivity contribution < 1.29 is 15.0 Å². The fourth-order valence-electron chi connectivity index (χ4n) is 1.27. The van der Waals surface area contributed by atoms with Crippen LogP contribution in [0.3, 0.4) is 0 Å². The number of phenols is 2. The summed E-state index contributed by atoms with van der Waals surface area (Å²) in [6, 6.07) is 4.57. The lowest BCUT2D eigenvalue weighted by molar-refractivity contribution is -0.120. The third-order valence-corrected chi connectivity index (χ3v) is 2.05. The Morgan fingerprint density at radius 2 is 2.07 bits per heavy atom. The number of nitrogens with one attached hydrogen (secondary N) is 1. The lowest BCUT2D eigenvalue weighted by Crippen LogP contribution is -2.22. The zero-order valence-corrected chi connectivity index (χ0v) is 8.66.